The van der Waals surface area contributed by atoms with Crippen molar-refractivity contribution in [2.75, 3.05) is 7.11 Å². The molecule has 0 aliphatic rings. The smallest absolute Gasteiger partial charge is 0.273 e. The first-order valence-corrected chi connectivity index (χ1v) is 5.39. The van der Waals surface area contributed by atoms with Crippen LogP contribution in [0.2, 0.25) is 0 Å². The molecule has 0 N–H and O–H groups in total. The van der Waals surface area contributed by atoms with Crippen molar-refractivity contribution in [3.05, 3.63) is 51.6 Å². The fourth-order valence-electron chi connectivity index (χ4n) is 1.40. The fourth-order valence-corrected chi connectivity index (χ4v) is 1.71. The quantitative estimate of drug-likeness (QED) is 0.845. The van der Waals surface area contributed by atoms with Crippen molar-refractivity contribution >= 4 is 15.9 Å². The van der Waals surface area contributed by atoms with E-state index in [2.05, 4.69) is 20.9 Å². The number of nitrogens with zero attached hydrogens (tertiary/aromatic N) is 2. The Morgan fingerprint density at radius 2 is 2.12 bits per heavy atom. The molecular weight excluding hydrogens is 272 g/mol. The van der Waals surface area contributed by atoms with Gasteiger partial charge in [0.15, 0.2) is 0 Å². The molecule has 0 saturated heterocycles. The predicted molar refractivity (Wildman–Crippen MR) is 64.1 cm³/mol. The number of rotatable bonds is 2. The highest BCUT2D eigenvalue weighted by Crippen LogP contribution is 2.20. The Morgan fingerprint density at radius 3 is 2.88 bits per heavy atom. The maximum Gasteiger partial charge on any atom is 0.273 e. The van der Waals surface area contributed by atoms with Crippen LogP contribution in [0.5, 0.6) is 5.75 Å². The monoisotopic (exact) mass is 280 g/mol. The normalized spacial score (nSPS) is 10.1. The molecule has 0 atom stereocenters. The minimum Gasteiger partial charge on any atom is -0.495 e. The highest BCUT2D eigenvalue weighted by Gasteiger charge is 2.06. The third-order valence-electron chi connectivity index (χ3n) is 2.12. The molecule has 0 spiro atoms. The van der Waals surface area contributed by atoms with E-state index in [9.17, 15) is 4.79 Å². The van der Waals surface area contributed by atoms with Crippen LogP contribution >= 0.6 is 15.9 Å². The Bertz CT molecular complexity index is 566. The number of benzene rings is 1. The summed E-state index contributed by atoms with van der Waals surface area (Å²) in [6, 6.07) is 7.31. The van der Waals surface area contributed by atoms with E-state index < -0.39 is 0 Å². The summed E-state index contributed by atoms with van der Waals surface area (Å²) in [7, 11) is 1.57. The second kappa shape index (κ2) is 4.49. The summed E-state index contributed by atoms with van der Waals surface area (Å²) in [6.45, 7) is 0. The molecule has 1 aromatic carbocycles. The molecule has 2 rings (SSSR count). The summed E-state index contributed by atoms with van der Waals surface area (Å²) in [5, 5.41) is 0. The van der Waals surface area contributed by atoms with Crippen molar-refractivity contribution in [3.8, 4) is 11.4 Å². The molecule has 0 aliphatic heterocycles. The lowest BCUT2D eigenvalue weighted by Gasteiger charge is -2.10. The molecule has 1 aromatic heterocycles. The van der Waals surface area contributed by atoms with E-state index in [0.717, 1.165) is 0 Å². The number of ether oxygens (including phenoxy) is 1. The summed E-state index contributed by atoms with van der Waals surface area (Å²) < 4.78 is 7.28. The van der Waals surface area contributed by atoms with Crippen LogP contribution in [0.25, 0.3) is 5.69 Å². The summed E-state index contributed by atoms with van der Waals surface area (Å²) >= 11 is 3.23. The predicted octanol–water partition coefficient (Wildman–Crippen LogP) is 2.00. The van der Waals surface area contributed by atoms with Crippen LogP contribution in [-0.2, 0) is 0 Å². The summed E-state index contributed by atoms with van der Waals surface area (Å²) in [6.07, 6.45) is 2.87. The van der Waals surface area contributed by atoms with Crippen LogP contribution in [0.1, 0.15) is 0 Å². The first-order chi connectivity index (χ1) is 7.72. The molecule has 0 unspecified atom stereocenters. The van der Waals surface area contributed by atoms with Gasteiger partial charge in [-0.25, -0.2) is 4.98 Å². The average molecular weight is 281 g/mol. The molecule has 0 fully saturated rings. The van der Waals surface area contributed by atoms with Gasteiger partial charge in [-0.15, -0.1) is 0 Å². The van der Waals surface area contributed by atoms with Gasteiger partial charge in [-0.1, -0.05) is 12.1 Å². The van der Waals surface area contributed by atoms with Crippen molar-refractivity contribution in [2.45, 2.75) is 0 Å². The van der Waals surface area contributed by atoms with Crippen LogP contribution in [0, 0.1) is 0 Å². The highest BCUT2D eigenvalue weighted by atomic mass is 79.9. The van der Waals surface area contributed by atoms with Crippen LogP contribution in [0.3, 0.4) is 0 Å². The van der Waals surface area contributed by atoms with Gasteiger partial charge < -0.3 is 4.74 Å². The van der Waals surface area contributed by atoms with Crippen LogP contribution in [0.4, 0.5) is 0 Å². The van der Waals surface area contributed by atoms with Crippen molar-refractivity contribution in [1.29, 1.82) is 0 Å². The van der Waals surface area contributed by atoms with Crippen molar-refractivity contribution in [2.24, 2.45) is 0 Å². The van der Waals surface area contributed by atoms with E-state index in [4.69, 9.17) is 4.74 Å². The fraction of sp³-hybridized carbons (Fsp3) is 0.0909. The zero-order valence-corrected chi connectivity index (χ0v) is 10.1. The topological polar surface area (TPSA) is 44.1 Å². The Hall–Kier alpha value is -1.62. The molecule has 0 amide bonds. The molecule has 16 heavy (non-hydrogen) atoms. The summed E-state index contributed by atoms with van der Waals surface area (Å²) in [5.41, 5.74) is 0.491. The molecule has 0 aliphatic carbocycles. The lowest BCUT2D eigenvalue weighted by Crippen LogP contribution is -2.18. The number of hydrogen-bond donors (Lipinski definition) is 0. The number of aromatic nitrogens is 2. The minimum absolute atomic E-state index is 0.201. The van der Waals surface area contributed by atoms with E-state index >= 15 is 0 Å². The molecular formula is C11H9BrN2O2. The molecule has 4 nitrogen and oxygen atoms in total. The zero-order valence-electron chi connectivity index (χ0n) is 8.55. The third kappa shape index (κ3) is 1.99. The SMILES string of the molecule is COc1ccccc1-n1cc(Br)ncc1=O. The van der Waals surface area contributed by atoms with Gasteiger partial charge in [0, 0.05) is 6.20 Å². The first-order valence-electron chi connectivity index (χ1n) is 4.60. The van der Waals surface area contributed by atoms with Gasteiger partial charge in [-0.05, 0) is 28.1 Å². The number of hydrogen-bond acceptors (Lipinski definition) is 3. The average Bonchev–Trinajstić information content (AvgIpc) is 2.32. The van der Waals surface area contributed by atoms with Crippen molar-refractivity contribution < 1.29 is 4.74 Å². The zero-order chi connectivity index (χ0) is 11.5. The van der Waals surface area contributed by atoms with Gasteiger partial charge in [0.25, 0.3) is 5.56 Å². The van der Waals surface area contributed by atoms with Crippen LogP contribution < -0.4 is 10.3 Å². The maximum absolute atomic E-state index is 11.7. The molecule has 0 bridgehead atoms. The van der Waals surface area contributed by atoms with Gasteiger partial charge in [-0.2, -0.15) is 0 Å². The molecule has 0 saturated carbocycles. The standard InChI is InChI=1S/C11H9BrN2O2/c1-16-9-5-3-2-4-8(9)14-7-10(12)13-6-11(14)15/h2-7H,1H3. The Labute approximate surface area is 101 Å². The lowest BCUT2D eigenvalue weighted by molar-refractivity contribution is 0.412. The van der Waals surface area contributed by atoms with E-state index in [1.54, 1.807) is 19.4 Å². The second-order valence-electron chi connectivity index (χ2n) is 3.09. The molecule has 0 radical (unpaired) electrons. The van der Waals surface area contributed by atoms with E-state index in [1.165, 1.54) is 10.8 Å². The molecule has 2 aromatic rings. The highest BCUT2D eigenvalue weighted by molar-refractivity contribution is 9.10. The van der Waals surface area contributed by atoms with Gasteiger partial charge >= 0.3 is 0 Å². The Morgan fingerprint density at radius 1 is 1.38 bits per heavy atom. The summed E-state index contributed by atoms with van der Waals surface area (Å²) in [5.74, 6) is 0.641. The van der Waals surface area contributed by atoms with Gasteiger partial charge in [0.1, 0.15) is 10.4 Å². The molecule has 1 heterocycles. The maximum atomic E-state index is 11.7. The van der Waals surface area contributed by atoms with Gasteiger partial charge in [0.05, 0.1) is 19.0 Å². The number of methoxy groups -OCH3 is 1. The van der Waals surface area contributed by atoms with E-state index in [-0.39, 0.29) is 5.56 Å². The van der Waals surface area contributed by atoms with Gasteiger partial charge in [0.2, 0.25) is 0 Å². The Kier molecular flexibility index (Phi) is 3.05. The summed E-state index contributed by atoms with van der Waals surface area (Å²) in [4.78, 5) is 15.5. The first kappa shape index (κ1) is 10.9. The molecule has 5 heteroatoms. The van der Waals surface area contributed by atoms with Crippen LogP contribution in [-0.4, -0.2) is 16.7 Å². The molecule has 82 valence electrons. The number of halogens is 1. The van der Waals surface area contributed by atoms with E-state index in [0.29, 0.717) is 16.0 Å². The van der Waals surface area contributed by atoms with Crippen molar-refractivity contribution in [1.82, 2.24) is 9.55 Å². The lowest BCUT2D eigenvalue weighted by atomic mass is 10.3. The van der Waals surface area contributed by atoms with E-state index in [1.807, 2.05) is 18.2 Å². The third-order valence-corrected chi connectivity index (χ3v) is 2.53. The second-order valence-corrected chi connectivity index (χ2v) is 3.90. The van der Waals surface area contributed by atoms with Crippen molar-refractivity contribution in [3.63, 3.8) is 0 Å². The largest absolute Gasteiger partial charge is 0.495 e. The number of para-hydroxylation sites is 2. The minimum atomic E-state index is -0.201. The van der Waals surface area contributed by atoms with Crippen LogP contribution in [0.15, 0.2) is 46.1 Å². The van der Waals surface area contributed by atoms with Gasteiger partial charge in [-0.3, -0.25) is 9.36 Å². The Balaban J connectivity index is 2.67.